The van der Waals surface area contributed by atoms with E-state index in [1.54, 1.807) is 0 Å². The zero-order chi connectivity index (χ0) is 13.8. The van der Waals surface area contributed by atoms with E-state index >= 15 is 0 Å². The van der Waals surface area contributed by atoms with E-state index in [9.17, 15) is 18.0 Å². The van der Waals surface area contributed by atoms with E-state index in [4.69, 9.17) is 5.11 Å². The molecule has 0 aliphatic heterocycles. The van der Waals surface area contributed by atoms with Crippen LogP contribution in [0.3, 0.4) is 0 Å². The largest absolute Gasteiger partial charge is 0.479 e. The Morgan fingerprint density at radius 2 is 1.33 bits per heavy atom. The maximum Gasteiger partial charge on any atom is 0.341 e. The number of unbranched alkanes of at least 4 members (excludes halogenated alkanes) is 7. The van der Waals surface area contributed by atoms with E-state index in [1.807, 2.05) is 0 Å². The van der Waals surface area contributed by atoms with Crippen LogP contribution < -0.4 is 0 Å². The summed E-state index contributed by atoms with van der Waals surface area (Å²) < 4.78 is 37.4. The van der Waals surface area contributed by atoms with Crippen molar-refractivity contribution >= 4 is 5.97 Å². The lowest BCUT2D eigenvalue weighted by Gasteiger charge is -2.09. The van der Waals surface area contributed by atoms with E-state index in [0.29, 0.717) is 12.8 Å². The number of carboxylic acid groups (broad SMARTS) is 1. The van der Waals surface area contributed by atoms with Crippen LogP contribution in [0, 0.1) is 0 Å². The van der Waals surface area contributed by atoms with Gasteiger partial charge in [-0.2, -0.15) is 0 Å². The lowest BCUT2D eigenvalue weighted by molar-refractivity contribution is -0.145. The first-order valence-corrected chi connectivity index (χ1v) is 6.66. The minimum Gasteiger partial charge on any atom is -0.479 e. The van der Waals surface area contributed by atoms with Crippen molar-refractivity contribution in [2.24, 2.45) is 0 Å². The second kappa shape index (κ2) is 11.4. The first-order valence-electron chi connectivity index (χ1n) is 6.66. The number of hydrogen-bond acceptors (Lipinski definition) is 1. The van der Waals surface area contributed by atoms with Gasteiger partial charge in [0, 0.05) is 0 Å². The number of hydrogen-bond donors (Lipinski definition) is 1. The molecule has 0 radical (unpaired) electrons. The van der Waals surface area contributed by atoms with Crippen LogP contribution in [0.1, 0.15) is 57.8 Å². The van der Waals surface area contributed by atoms with E-state index in [2.05, 4.69) is 0 Å². The molecule has 2 unspecified atom stereocenters. The third kappa shape index (κ3) is 9.31. The Balaban J connectivity index is 3.27. The molecule has 0 rings (SSSR count). The summed E-state index contributed by atoms with van der Waals surface area (Å²) in [5.74, 6) is -1.73. The van der Waals surface area contributed by atoms with Gasteiger partial charge in [0.25, 0.3) is 0 Å². The molecule has 0 aromatic heterocycles. The van der Waals surface area contributed by atoms with Gasteiger partial charge in [0.1, 0.15) is 6.17 Å². The van der Waals surface area contributed by atoms with Gasteiger partial charge in [0.05, 0.1) is 6.67 Å². The van der Waals surface area contributed by atoms with Crippen LogP contribution in [0.15, 0.2) is 0 Å². The lowest BCUT2D eigenvalue weighted by atomic mass is 10.0. The quantitative estimate of drug-likeness (QED) is 0.538. The summed E-state index contributed by atoms with van der Waals surface area (Å²) in [5.41, 5.74) is 0. The third-order valence-electron chi connectivity index (χ3n) is 2.92. The fourth-order valence-electron chi connectivity index (χ4n) is 1.80. The Hall–Kier alpha value is -0.740. The molecule has 0 bridgehead atoms. The Kier molecular flexibility index (Phi) is 10.9. The summed E-state index contributed by atoms with van der Waals surface area (Å²) in [6, 6.07) is 0. The normalized spacial score (nSPS) is 14.4. The molecule has 5 heteroatoms. The Morgan fingerprint density at radius 3 is 1.78 bits per heavy atom. The lowest BCUT2D eigenvalue weighted by Crippen LogP contribution is -2.26. The molecule has 1 N–H and O–H groups in total. The molecular weight excluding hydrogens is 245 g/mol. The molecule has 2 atom stereocenters. The summed E-state index contributed by atoms with van der Waals surface area (Å²) in [6.45, 7) is -0.258. The molecule has 2 nitrogen and oxygen atoms in total. The summed E-state index contributed by atoms with van der Waals surface area (Å²) in [5, 5.41) is 8.25. The first kappa shape index (κ1) is 17.3. The smallest absolute Gasteiger partial charge is 0.341 e. The van der Waals surface area contributed by atoms with Gasteiger partial charge < -0.3 is 5.11 Å². The second-order valence-corrected chi connectivity index (χ2v) is 4.56. The average Bonchev–Trinajstić information content (AvgIpc) is 2.35. The zero-order valence-corrected chi connectivity index (χ0v) is 10.7. The highest BCUT2D eigenvalue weighted by Gasteiger charge is 2.26. The van der Waals surface area contributed by atoms with Crippen LogP contribution in [0.5, 0.6) is 0 Å². The predicted octanol–water partition coefficient (Wildman–Crippen LogP) is 4.23. The fraction of sp³-hybridized carbons (Fsp3) is 0.923. The van der Waals surface area contributed by atoms with Crippen molar-refractivity contribution < 1.29 is 23.1 Å². The third-order valence-corrected chi connectivity index (χ3v) is 2.92. The molecule has 0 saturated carbocycles. The maximum atomic E-state index is 13.0. The number of carbonyl (C=O) groups is 1. The van der Waals surface area contributed by atoms with Gasteiger partial charge in [-0.25, -0.2) is 13.6 Å². The van der Waals surface area contributed by atoms with Gasteiger partial charge >= 0.3 is 5.97 Å². The van der Waals surface area contributed by atoms with Crippen molar-refractivity contribution in [3.8, 4) is 0 Å². The molecule has 18 heavy (non-hydrogen) atoms. The Labute approximate surface area is 107 Å². The van der Waals surface area contributed by atoms with Crippen molar-refractivity contribution in [2.75, 3.05) is 6.67 Å². The highest BCUT2D eigenvalue weighted by atomic mass is 19.2. The monoisotopic (exact) mass is 268 g/mol. The van der Waals surface area contributed by atoms with E-state index in [-0.39, 0.29) is 13.1 Å². The van der Waals surface area contributed by atoms with Crippen molar-refractivity contribution in [1.82, 2.24) is 0 Å². The summed E-state index contributed by atoms with van der Waals surface area (Å²) in [6.07, 6.45) is 2.51. The molecule has 0 aliphatic carbocycles. The molecule has 0 amide bonds. The summed E-state index contributed by atoms with van der Waals surface area (Å²) in [7, 11) is 0. The van der Waals surface area contributed by atoms with Gasteiger partial charge in [0.2, 0.25) is 6.17 Å². The molecule has 0 aromatic carbocycles. The summed E-state index contributed by atoms with van der Waals surface area (Å²) in [4.78, 5) is 10.2. The first-order chi connectivity index (χ1) is 8.59. The second-order valence-electron chi connectivity index (χ2n) is 4.56. The van der Waals surface area contributed by atoms with E-state index < -0.39 is 18.3 Å². The topological polar surface area (TPSA) is 37.3 Å². The van der Waals surface area contributed by atoms with Crippen molar-refractivity contribution in [3.05, 3.63) is 0 Å². The number of rotatable bonds is 12. The number of carboxylic acids is 1. The minimum atomic E-state index is -2.40. The van der Waals surface area contributed by atoms with Crippen molar-refractivity contribution in [3.63, 3.8) is 0 Å². The SMILES string of the molecule is O=C(O)C(F)C(F)CCCCCCCCCCF. The highest BCUT2D eigenvalue weighted by Crippen LogP contribution is 2.15. The van der Waals surface area contributed by atoms with Crippen LogP contribution in [0.2, 0.25) is 0 Å². The van der Waals surface area contributed by atoms with Gasteiger partial charge in [-0.15, -0.1) is 0 Å². The fourth-order valence-corrected chi connectivity index (χ4v) is 1.80. The van der Waals surface area contributed by atoms with E-state index in [0.717, 1.165) is 38.5 Å². The Morgan fingerprint density at radius 1 is 0.889 bits per heavy atom. The van der Waals surface area contributed by atoms with Gasteiger partial charge in [-0.3, -0.25) is 4.39 Å². The molecule has 0 spiro atoms. The van der Waals surface area contributed by atoms with Crippen LogP contribution in [-0.2, 0) is 4.79 Å². The minimum absolute atomic E-state index is 0.0324. The molecular formula is C13H23F3O2. The Bertz CT molecular complexity index is 212. The maximum absolute atomic E-state index is 13.0. The number of aliphatic carboxylic acids is 1. The standard InChI is InChI=1S/C13H23F3O2/c14-10-8-6-4-2-1-3-5-7-9-11(15)12(16)13(17)18/h11-12H,1-10H2,(H,17,18). The molecule has 0 fully saturated rings. The van der Waals surface area contributed by atoms with Crippen molar-refractivity contribution in [2.45, 2.75) is 70.1 Å². The number of halogens is 3. The zero-order valence-electron chi connectivity index (χ0n) is 10.7. The van der Waals surface area contributed by atoms with Crippen LogP contribution in [0.25, 0.3) is 0 Å². The molecule has 0 heterocycles. The molecule has 0 aliphatic rings. The van der Waals surface area contributed by atoms with Crippen LogP contribution in [0.4, 0.5) is 13.2 Å². The molecule has 0 aromatic rings. The molecule has 0 saturated heterocycles. The van der Waals surface area contributed by atoms with Gasteiger partial charge in [-0.1, -0.05) is 44.9 Å². The van der Waals surface area contributed by atoms with E-state index in [1.165, 1.54) is 0 Å². The summed E-state index contributed by atoms with van der Waals surface area (Å²) >= 11 is 0. The molecule has 108 valence electrons. The average molecular weight is 268 g/mol. The number of alkyl halides is 3. The van der Waals surface area contributed by atoms with Crippen LogP contribution >= 0.6 is 0 Å². The van der Waals surface area contributed by atoms with Gasteiger partial charge in [0.15, 0.2) is 0 Å². The highest BCUT2D eigenvalue weighted by molar-refractivity contribution is 5.72. The van der Waals surface area contributed by atoms with Crippen molar-refractivity contribution in [1.29, 1.82) is 0 Å². The predicted molar refractivity (Wildman–Crippen MR) is 65.0 cm³/mol. The van der Waals surface area contributed by atoms with Crippen LogP contribution in [-0.4, -0.2) is 30.1 Å². The van der Waals surface area contributed by atoms with Gasteiger partial charge in [-0.05, 0) is 12.8 Å².